The molecule has 0 aromatic carbocycles. The van der Waals surface area contributed by atoms with Crippen molar-refractivity contribution in [3.8, 4) is 0 Å². The highest BCUT2D eigenvalue weighted by molar-refractivity contribution is 9.10. The number of nitrogens with zero attached hydrogens (tertiary/aromatic N) is 5. The summed E-state index contributed by atoms with van der Waals surface area (Å²) >= 11 is 3.21. The van der Waals surface area contributed by atoms with E-state index >= 15 is 0 Å². The molecular weight excluding hydrogens is 341 g/mol. The van der Waals surface area contributed by atoms with Gasteiger partial charge in [0.15, 0.2) is 11.6 Å². The Morgan fingerprint density at radius 1 is 1.29 bits per heavy atom. The molecule has 0 radical (unpaired) electrons. The summed E-state index contributed by atoms with van der Waals surface area (Å²) in [5.74, 6) is 6.09. The van der Waals surface area contributed by atoms with Gasteiger partial charge in [0.2, 0.25) is 5.95 Å². The molecule has 7 nitrogen and oxygen atoms in total. The van der Waals surface area contributed by atoms with Crippen LogP contribution in [-0.4, -0.2) is 19.4 Å². The summed E-state index contributed by atoms with van der Waals surface area (Å²) in [6.45, 7) is 0.295. The first kappa shape index (κ1) is 13.7. The first-order chi connectivity index (χ1) is 10.0. The molecule has 3 heterocycles. The molecule has 0 saturated carbocycles. The summed E-state index contributed by atoms with van der Waals surface area (Å²) in [7, 11) is 0. The minimum atomic E-state index is -0.433. The second kappa shape index (κ2) is 5.26. The molecule has 108 valence electrons. The van der Waals surface area contributed by atoms with Gasteiger partial charge in [-0.3, -0.25) is 9.41 Å². The number of aromatic nitrogens is 4. The molecule has 0 aliphatic carbocycles. The average molecular weight is 352 g/mol. The van der Waals surface area contributed by atoms with E-state index in [4.69, 9.17) is 11.6 Å². The van der Waals surface area contributed by atoms with Gasteiger partial charge in [-0.25, -0.2) is 20.8 Å². The maximum absolute atomic E-state index is 13.5. The number of halogens is 2. The molecule has 0 unspecified atom stereocenters. The molecule has 4 N–H and O–H groups in total. The van der Waals surface area contributed by atoms with Crippen molar-refractivity contribution in [1.29, 1.82) is 0 Å². The molecule has 0 amide bonds. The van der Waals surface area contributed by atoms with Gasteiger partial charge in [0, 0.05) is 6.20 Å². The molecule has 3 aromatic rings. The number of fused-ring (bicyclic) bond motifs is 1. The van der Waals surface area contributed by atoms with E-state index in [-0.39, 0.29) is 5.82 Å². The van der Waals surface area contributed by atoms with Crippen molar-refractivity contribution in [2.75, 3.05) is 10.7 Å². The zero-order chi connectivity index (χ0) is 15.0. The van der Waals surface area contributed by atoms with Gasteiger partial charge in [-0.2, -0.15) is 4.39 Å². The zero-order valence-electron chi connectivity index (χ0n) is 10.7. The molecule has 21 heavy (non-hydrogen) atoms. The zero-order valence-corrected chi connectivity index (χ0v) is 12.3. The summed E-state index contributed by atoms with van der Waals surface area (Å²) < 4.78 is 15.4. The predicted octanol–water partition coefficient (Wildman–Crippen LogP) is 1.49. The highest BCUT2D eigenvalue weighted by Gasteiger charge is 2.11. The number of imidazole rings is 1. The van der Waals surface area contributed by atoms with Crippen LogP contribution >= 0.6 is 15.9 Å². The summed E-state index contributed by atoms with van der Waals surface area (Å²) in [4.78, 5) is 12.1. The molecule has 9 heteroatoms. The second-order valence-electron chi connectivity index (χ2n) is 4.38. The Morgan fingerprint density at radius 3 is 2.90 bits per heavy atom. The van der Waals surface area contributed by atoms with Gasteiger partial charge in [-0.15, -0.1) is 0 Å². The summed E-state index contributed by atoms with van der Waals surface area (Å²) in [6, 6.07) is 3.52. The van der Waals surface area contributed by atoms with E-state index in [9.17, 15) is 4.39 Å². The van der Waals surface area contributed by atoms with Crippen molar-refractivity contribution in [2.24, 2.45) is 5.84 Å². The lowest BCUT2D eigenvalue weighted by Gasteiger charge is -2.18. The van der Waals surface area contributed by atoms with E-state index in [0.717, 1.165) is 11.8 Å². The number of rotatable bonds is 3. The molecule has 0 aliphatic rings. The minimum Gasteiger partial charge on any atom is -0.381 e. The lowest BCUT2D eigenvalue weighted by molar-refractivity contribution is 0.572. The molecule has 0 aliphatic heterocycles. The van der Waals surface area contributed by atoms with E-state index in [1.807, 2.05) is 6.07 Å². The lowest BCUT2D eigenvalue weighted by atomic mass is 10.2. The molecule has 0 saturated heterocycles. The van der Waals surface area contributed by atoms with Crippen LogP contribution < -0.4 is 16.6 Å². The van der Waals surface area contributed by atoms with Crippen LogP contribution in [0.3, 0.4) is 0 Å². The van der Waals surface area contributed by atoms with E-state index in [0.29, 0.717) is 22.6 Å². The summed E-state index contributed by atoms with van der Waals surface area (Å²) in [5.41, 5.74) is 7.06. The Morgan fingerprint density at radius 2 is 2.10 bits per heavy atom. The smallest absolute Gasteiger partial charge is 0.217 e. The SMILES string of the molecule is Nc1ncc(Br)nc1N(N)Cc1ccc2ncc(F)n2c1. The van der Waals surface area contributed by atoms with Crippen LogP contribution in [-0.2, 0) is 6.54 Å². The van der Waals surface area contributed by atoms with Crippen LogP contribution in [0.4, 0.5) is 16.0 Å². The van der Waals surface area contributed by atoms with Crippen molar-refractivity contribution in [3.63, 3.8) is 0 Å². The minimum absolute atomic E-state index is 0.218. The number of nitrogens with two attached hydrogens (primary N) is 2. The maximum Gasteiger partial charge on any atom is 0.217 e. The van der Waals surface area contributed by atoms with Crippen LogP contribution in [0, 0.1) is 5.95 Å². The standard InChI is InChI=1S/C12H11BrFN7/c13-8-3-18-11(15)12(19-8)21(16)6-7-1-2-10-17-4-9(14)20(10)5-7/h1-5H,6,16H2,(H2,15,18). The van der Waals surface area contributed by atoms with Gasteiger partial charge in [0.25, 0.3) is 0 Å². The Kier molecular flexibility index (Phi) is 3.43. The highest BCUT2D eigenvalue weighted by Crippen LogP contribution is 2.20. The van der Waals surface area contributed by atoms with Crippen molar-refractivity contribution >= 4 is 33.2 Å². The quantitative estimate of drug-likeness (QED) is 0.547. The van der Waals surface area contributed by atoms with Crippen molar-refractivity contribution < 1.29 is 4.39 Å². The number of hydrazine groups is 1. The molecular formula is C12H11BrFN7. The maximum atomic E-state index is 13.5. The molecule has 3 aromatic heterocycles. The van der Waals surface area contributed by atoms with E-state index < -0.39 is 5.95 Å². The Labute approximate surface area is 127 Å². The van der Waals surface area contributed by atoms with E-state index in [1.54, 1.807) is 12.3 Å². The van der Waals surface area contributed by atoms with Gasteiger partial charge in [-0.1, -0.05) is 6.07 Å². The first-order valence-electron chi connectivity index (χ1n) is 5.96. The molecule has 0 bridgehead atoms. The van der Waals surface area contributed by atoms with Crippen molar-refractivity contribution in [2.45, 2.75) is 6.54 Å². The largest absolute Gasteiger partial charge is 0.381 e. The van der Waals surface area contributed by atoms with Crippen LogP contribution in [0.15, 0.2) is 35.3 Å². The topological polar surface area (TPSA) is 98.4 Å². The predicted molar refractivity (Wildman–Crippen MR) is 79.7 cm³/mol. The van der Waals surface area contributed by atoms with Crippen molar-refractivity contribution in [1.82, 2.24) is 19.4 Å². The molecule has 0 fully saturated rings. The van der Waals surface area contributed by atoms with Crippen LogP contribution in [0.1, 0.15) is 5.56 Å². The highest BCUT2D eigenvalue weighted by atomic mass is 79.9. The number of anilines is 2. The number of hydrogen-bond donors (Lipinski definition) is 2. The van der Waals surface area contributed by atoms with Crippen LogP contribution in [0.25, 0.3) is 5.65 Å². The monoisotopic (exact) mass is 351 g/mol. The fraction of sp³-hybridized carbons (Fsp3) is 0.0833. The van der Waals surface area contributed by atoms with Crippen molar-refractivity contribution in [3.05, 3.63) is 46.8 Å². The van der Waals surface area contributed by atoms with E-state index in [2.05, 4.69) is 30.9 Å². The van der Waals surface area contributed by atoms with Gasteiger partial charge >= 0.3 is 0 Å². The summed E-state index contributed by atoms with van der Waals surface area (Å²) in [6.07, 6.45) is 4.27. The van der Waals surface area contributed by atoms with E-state index in [1.165, 1.54) is 15.6 Å². The van der Waals surface area contributed by atoms with Crippen LogP contribution in [0.2, 0.25) is 0 Å². The first-order valence-corrected chi connectivity index (χ1v) is 6.75. The Bertz CT molecular complexity index is 803. The Balaban J connectivity index is 1.90. The molecule has 0 atom stereocenters. The van der Waals surface area contributed by atoms with Gasteiger partial charge in [-0.05, 0) is 27.6 Å². The molecule has 3 rings (SSSR count). The fourth-order valence-electron chi connectivity index (χ4n) is 1.94. The molecule has 0 spiro atoms. The third kappa shape index (κ3) is 2.65. The fourth-order valence-corrected chi connectivity index (χ4v) is 2.21. The summed E-state index contributed by atoms with van der Waals surface area (Å²) in [5, 5.41) is 1.35. The number of hydrogen-bond acceptors (Lipinski definition) is 6. The number of pyridine rings is 1. The second-order valence-corrected chi connectivity index (χ2v) is 5.19. The Hall–Kier alpha value is -2.26. The third-order valence-corrected chi connectivity index (χ3v) is 3.28. The van der Waals surface area contributed by atoms with Gasteiger partial charge < -0.3 is 5.73 Å². The number of nitrogen functional groups attached to an aromatic ring is 1. The van der Waals surface area contributed by atoms with Gasteiger partial charge in [0.05, 0.1) is 18.9 Å². The van der Waals surface area contributed by atoms with Gasteiger partial charge in [0.1, 0.15) is 10.3 Å². The lowest BCUT2D eigenvalue weighted by Crippen LogP contribution is -2.32. The third-order valence-electron chi connectivity index (χ3n) is 2.90. The average Bonchev–Trinajstić information content (AvgIpc) is 2.83. The normalized spacial score (nSPS) is 11.0. The van der Waals surface area contributed by atoms with Crippen LogP contribution in [0.5, 0.6) is 0 Å².